The molecule has 4 rings (SSSR count). The summed E-state index contributed by atoms with van der Waals surface area (Å²) in [6, 6.07) is 0. The van der Waals surface area contributed by atoms with Gasteiger partial charge in [-0.25, -0.2) is 0 Å². The lowest BCUT2D eigenvalue weighted by atomic mass is 9.61. The summed E-state index contributed by atoms with van der Waals surface area (Å²) in [6.07, 6.45) is 17.1. The van der Waals surface area contributed by atoms with Gasteiger partial charge >= 0.3 is 0 Å². The largest absolute Gasteiger partial charge is 0.393 e. The number of hydrogen-bond donors (Lipinski definition) is 3. The normalized spacial score (nSPS) is 42.2. The first-order chi connectivity index (χ1) is 14.6. The summed E-state index contributed by atoms with van der Waals surface area (Å²) in [5.41, 5.74) is 2.97. The molecule has 1 unspecified atom stereocenters. The Morgan fingerprint density at radius 1 is 1.16 bits per heavy atom. The van der Waals surface area contributed by atoms with E-state index in [2.05, 4.69) is 44.7 Å². The van der Waals surface area contributed by atoms with Crippen LogP contribution in [0.3, 0.4) is 0 Å². The fraction of sp³-hybridized carbons (Fsp3) is 0.714. The standard InChI is InChI=1S/C28H42O3/c1-18(13-15-28(4,31)22-9-10-22)24-11-12-25-20(6-5-14-27(24,25)3)7-8-21-16-23(29)17-26(30)19(21)2/h7-8,13,15,18,22-26,29-31H,2,5-6,9-12,14,16-17H2,1,3-4H3/b15-13+,20-7+,21-8-/t18-,23-,24-,25+,26+,27-,28?/m1/s1. The lowest BCUT2D eigenvalue weighted by Gasteiger charge is -2.44. The number of aliphatic hydroxyl groups excluding tert-OH is 2. The Bertz CT molecular complexity index is 784. The van der Waals surface area contributed by atoms with Crippen LogP contribution in [0.4, 0.5) is 0 Å². The van der Waals surface area contributed by atoms with E-state index in [-0.39, 0.29) is 0 Å². The molecule has 0 aromatic carbocycles. The molecule has 4 fully saturated rings. The molecule has 4 aliphatic carbocycles. The highest BCUT2D eigenvalue weighted by Crippen LogP contribution is 2.59. The molecule has 0 aromatic rings. The quantitative estimate of drug-likeness (QED) is 0.510. The van der Waals surface area contributed by atoms with E-state index in [9.17, 15) is 15.3 Å². The minimum atomic E-state index is -0.644. The van der Waals surface area contributed by atoms with Gasteiger partial charge in [0.25, 0.3) is 0 Å². The molecule has 4 saturated carbocycles. The van der Waals surface area contributed by atoms with Crippen LogP contribution in [0.15, 0.2) is 47.6 Å². The summed E-state index contributed by atoms with van der Waals surface area (Å²) >= 11 is 0. The second kappa shape index (κ2) is 8.65. The summed E-state index contributed by atoms with van der Waals surface area (Å²) in [6.45, 7) is 10.9. The Morgan fingerprint density at radius 3 is 2.61 bits per heavy atom. The zero-order valence-corrected chi connectivity index (χ0v) is 19.7. The highest BCUT2D eigenvalue weighted by molar-refractivity contribution is 5.38. The number of hydrogen-bond acceptors (Lipinski definition) is 3. The van der Waals surface area contributed by atoms with Crippen LogP contribution in [-0.4, -0.2) is 33.1 Å². The van der Waals surface area contributed by atoms with Crippen LogP contribution >= 0.6 is 0 Å². The average Bonchev–Trinajstić information content (AvgIpc) is 3.51. The molecule has 3 heteroatoms. The third-order valence-corrected chi connectivity index (χ3v) is 9.08. The van der Waals surface area contributed by atoms with E-state index in [1.54, 1.807) is 0 Å². The highest BCUT2D eigenvalue weighted by Gasteiger charge is 2.50. The number of fused-ring (bicyclic) bond motifs is 1. The Balaban J connectivity index is 1.49. The first kappa shape index (κ1) is 23.0. The van der Waals surface area contributed by atoms with Crippen LogP contribution in [0.2, 0.25) is 0 Å². The van der Waals surface area contributed by atoms with Crippen LogP contribution in [0.5, 0.6) is 0 Å². The van der Waals surface area contributed by atoms with E-state index in [0.29, 0.717) is 41.9 Å². The molecule has 7 atom stereocenters. The second-order valence-corrected chi connectivity index (χ2v) is 11.4. The van der Waals surface area contributed by atoms with E-state index in [4.69, 9.17) is 0 Å². The van der Waals surface area contributed by atoms with E-state index < -0.39 is 17.8 Å². The van der Waals surface area contributed by atoms with Gasteiger partial charge in [0.15, 0.2) is 0 Å². The van der Waals surface area contributed by atoms with Crippen molar-refractivity contribution in [3.8, 4) is 0 Å². The maximum Gasteiger partial charge on any atom is 0.0827 e. The highest BCUT2D eigenvalue weighted by atomic mass is 16.3. The number of aliphatic hydroxyl groups is 3. The zero-order chi connectivity index (χ0) is 22.4. The molecule has 0 saturated heterocycles. The van der Waals surface area contributed by atoms with E-state index in [0.717, 1.165) is 30.4 Å². The summed E-state index contributed by atoms with van der Waals surface area (Å²) in [4.78, 5) is 0. The van der Waals surface area contributed by atoms with E-state index in [1.165, 1.54) is 31.3 Å². The molecule has 31 heavy (non-hydrogen) atoms. The predicted molar refractivity (Wildman–Crippen MR) is 126 cm³/mol. The van der Waals surface area contributed by atoms with Crippen molar-refractivity contribution in [1.82, 2.24) is 0 Å². The maximum absolute atomic E-state index is 10.7. The molecule has 3 N–H and O–H groups in total. The molecule has 0 bridgehead atoms. The molecule has 3 nitrogen and oxygen atoms in total. The van der Waals surface area contributed by atoms with Gasteiger partial charge in [0.05, 0.1) is 17.8 Å². The van der Waals surface area contributed by atoms with Crippen molar-refractivity contribution in [3.05, 3.63) is 47.6 Å². The molecule has 0 radical (unpaired) electrons. The van der Waals surface area contributed by atoms with Gasteiger partial charge in [-0.05, 0) is 98.5 Å². The van der Waals surface area contributed by atoms with Crippen molar-refractivity contribution in [2.24, 2.45) is 29.1 Å². The van der Waals surface area contributed by atoms with Gasteiger partial charge in [-0.1, -0.05) is 50.3 Å². The lowest BCUT2D eigenvalue weighted by molar-refractivity contribution is 0.0843. The number of allylic oxidation sites excluding steroid dienone is 4. The zero-order valence-electron chi connectivity index (χ0n) is 19.7. The Morgan fingerprint density at radius 2 is 1.90 bits per heavy atom. The van der Waals surface area contributed by atoms with Crippen LogP contribution in [-0.2, 0) is 0 Å². The minimum absolute atomic E-state index is 0.306. The van der Waals surface area contributed by atoms with Crippen molar-refractivity contribution in [2.45, 2.75) is 96.4 Å². The molecular weight excluding hydrogens is 384 g/mol. The molecule has 4 aliphatic rings. The SMILES string of the molecule is C=C1/C(=C\C=C2/CCC[C@]3(C)[C@@H]([C@H](C)/C=C/C(C)(O)C4CC4)CC[C@@H]23)C[C@@H](O)C[C@@H]1O. The van der Waals surface area contributed by atoms with Gasteiger partial charge in [-0.3, -0.25) is 0 Å². The second-order valence-electron chi connectivity index (χ2n) is 11.4. The average molecular weight is 427 g/mol. The fourth-order valence-corrected chi connectivity index (χ4v) is 6.89. The van der Waals surface area contributed by atoms with Crippen molar-refractivity contribution in [1.29, 1.82) is 0 Å². The molecule has 0 heterocycles. The maximum atomic E-state index is 10.7. The smallest absolute Gasteiger partial charge is 0.0827 e. The lowest BCUT2D eigenvalue weighted by Crippen LogP contribution is -2.35. The van der Waals surface area contributed by atoms with Crippen molar-refractivity contribution >= 4 is 0 Å². The van der Waals surface area contributed by atoms with Gasteiger partial charge in [0, 0.05) is 6.42 Å². The van der Waals surface area contributed by atoms with Crippen molar-refractivity contribution in [2.75, 3.05) is 0 Å². The predicted octanol–water partition coefficient (Wildman–Crippen LogP) is 5.48. The minimum Gasteiger partial charge on any atom is -0.393 e. The summed E-state index contributed by atoms with van der Waals surface area (Å²) < 4.78 is 0. The first-order valence-electron chi connectivity index (χ1n) is 12.5. The van der Waals surface area contributed by atoms with Gasteiger partial charge in [-0.15, -0.1) is 0 Å². The summed E-state index contributed by atoms with van der Waals surface area (Å²) in [5.74, 6) is 2.18. The molecule has 172 valence electrons. The van der Waals surface area contributed by atoms with Crippen LogP contribution in [0.25, 0.3) is 0 Å². The molecular formula is C28H42O3. The van der Waals surface area contributed by atoms with Crippen LogP contribution in [0.1, 0.15) is 78.6 Å². The first-order valence-corrected chi connectivity index (χ1v) is 12.5. The van der Waals surface area contributed by atoms with Gasteiger partial charge in [-0.2, -0.15) is 0 Å². The van der Waals surface area contributed by atoms with E-state index in [1.807, 2.05) is 6.92 Å². The van der Waals surface area contributed by atoms with Crippen molar-refractivity contribution in [3.63, 3.8) is 0 Å². The van der Waals surface area contributed by atoms with Crippen LogP contribution in [0, 0.1) is 29.1 Å². The number of rotatable bonds is 5. The van der Waals surface area contributed by atoms with Gasteiger partial charge < -0.3 is 15.3 Å². The van der Waals surface area contributed by atoms with E-state index >= 15 is 0 Å². The molecule has 0 amide bonds. The Hall–Kier alpha value is -1.16. The Kier molecular flexibility index (Phi) is 6.42. The fourth-order valence-electron chi connectivity index (χ4n) is 6.89. The van der Waals surface area contributed by atoms with Gasteiger partial charge in [0.1, 0.15) is 0 Å². The molecule has 0 aliphatic heterocycles. The summed E-state index contributed by atoms with van der Waals surface area (Å²) in [5, 5.41) is 30.9. The third kappa shape index (κ3) is 4.65. The molecule has 0 aromatic heterocycles. The van der Waals surface area contributed by atoms with Crippen molar-refractivity contribution < 1.29 is 15.3 Å². The molecule has 0 spiro atoms. The Labute approximate surface area is 188 Å². The monoisotopic (exact) mass is 426 g/mol. The van der Waals surface area contributed by atoms with Crippen LogP contribution < -0.4 is 0 Å². The van der Waals surface area contributed by atoms with Gasteiger partial charge in [0.2, 0.25) is 0 Å². The summed E-state index contributed by atoms with van der Waals surface area (Å²) in [7, 11) is 0. The topological polar surface area (TPSA) is 60.7 Å². The third-order valence-electron chi connectivity index (χ3n) is 9.08.